The summed E-state index contributed by atoms with van der Waals surface area (Å²) in [6.07, 6.45) is 1.24. The Labute approximate surface area is 109 Å². The van der Waals surface area contributed by atoms with Crippen LogP contribution >= 0.6 is 0 Å². The molecule has 2 aromatic rings. The molecule has 98 valence electrons. The van der Waals surface area contributed by atoms with Crippen molar-refractivity contribution in [3.8, 4) is 0 Å². The fourth-order valence-corrected chi connectivity index (χ4v) is 1.61. The number of amides is 2. The molecule has 0 atom stereocenters. The molecule has 7 heteroatoms. The van der Waals surface area contributed by atoms with E-state index in [-0.39, 0.29) is 5.95 Å². The predicted octanol–water partition coefficient (Wildman–Crippen LogP) is 0.999. The summed E-state index contributed by atoms with van der Waals surface area (Å²) < 4.78 is 0. The summed E-state index contributed by atoms with van der Waals surface area (Å²) in [6, 6.07) is 5.60. The topological polar surface area (TPSA) is 99.8 Å². The molecular formula is C12H13N5O2. The first-order valence-corrected chi connectivity index (χ1v) is 5.62. The Bertz CT molecular complexity index is 586. The average molecular weight is 259 g/mol. The summed E-state index contributed by atoms with van der Waals surface area (Å²) in [7, 11) is 0. The molecule has 0 fully saturated rings. The SMILES string of the molecule is Cc1cccc(C)c1NC(=O)C(=O)Nc1ncn[nH]1. The van der Waals surface area contributed by atoms with Gasteiger partial charge in [0.25, 0.3) is 0 Å². The van der Waals surface area contributed by atoms with Gasteiger partial charge in [-0.1, -0.05) is 18.2 Å². The van der Waals surface area contributed by atoms with E-state index in [0.29, 0.717) is 5.69 Å². The first-order valence-electron chi connectivity index (χ1n) is 5.62. The molecular weight excluding hydrogens is 246 g/mol. The lowest BCUT2D eigenvalue weighted by Gasteiger charge is -2.10. The molecule has 0 spiro atoms. The maximum absolute atomic E-state index is 11.8. The Hall–Kier alpha value is -2.70. The molecule has 0 aliphatic carbocycles. The number of anilines is 2. The van der Waals surface area contributed by atoms with Crippen molar-refractivity contribution in [2.45, 2.75) is 13.8 Å². The van der Waals surface area contributed by atoms with E-state index >= 15 is 0 Å². The number of aromatic nitrogens is 3. The van der Waals surface area contributed by atoms with Crippen LogP contribution in [0.3, 0.4) is 0 Å². The molecule has 2 rings (SSSR count). The van der Waals surface area contributed by atoms with Crippen molar-refractivity contribution in [2.75, 3.05) is 10.6 Å². The third kappa shape index (κ3) is 2.95. The van der Waals surface area contributed by atoms with Gasteiger partial charge in [0.15, 0.2) is 0 Å². The van der Waals surface area contributed by atoms with E-state index in [1.165, 1.54) is 6.33 Å². The van der Waals surface area contributed by atoms with E-state index in [1.54, 1.807) is 0 Å². The molecule has 0 aliphatic heterocycles. The van der Waals surface area contributed by atoms with E-state index in [2.05, 4.69) is 25.8 Å². The first kappa shape index (κ1) is 12.7. The van der Waals surface area contributed by atoms with Crippen LogP contribution in [0.2, 0.25) is 0 Å². The van der Waals surface area contributed by atoms with E-state index in [0.717, 1.165) is 11.1 Å². The lowest BCUT2D eigenvalue weighted by Crippen LogP contribution is -2.30. The number of carbonyl (C=O) groups excluding carboxylic acids is 2. The van der Waals surface area contributed by atoms with Gasteiger partial charge in [-0.3, -0.25) is 14.9 Å². The number of rotatable bonds is 2. The van der Waals surface area contributed by atoms with Gasteiger partial charge in [-0.05, 0) is 25.0 Å². The molecule has 0 saturated carbocycles. The second-order valence-electron chi connectivity index (χ2n) is 4.01. The lowest BCUT2D eigenvalue weighted by molar-refractivity contribution is -0.133. The van der Waals surface area contributed by atoms with E-state index in [1.807, 2.05) is 32.0 Å². The zero-order chi connectivity index (χ0) is 13.8. The molecule has 0 saturated heterocycles. The zero-order valence-corrected chi connectivity index (χ0v) is 10.5. The normalized spacial score (nSPS) is 10.0. The number of nitrogens with zero attached hydrogens (tertiary/aromatic N) is 2. The highest BCUT2D eigenvalue weighted by Crippen LogP contribution is 2.19. The van der Waals surface area contributed by atoms with Gasteiger partial charge in [-0.25, -0.2) is 5.10 Å². The van der Waals surface area contributed by atoms with E-state index in [4.69, 9.17) is 0 Å². The van der Waals surface area contributed by atoms with Crippen LogP contribution < -0.4 is 10.6 Å². The summed E-state index contributed by atoms with van der Waals surface area (Å²) in [4.78, 5) is 27.1. The van der Waals surface area contributed by atoms with Gasteiger partial charge in [0.1, 0.15) is 6.33 Å². The van der Waals surface area contributed by atoms with Crippen LogP contribution in [0.5, 0.6) is 0 Å². The third-order valence-corrected chi connectivity index (χ3v) is 2.57. The van der Waals surface area contributed by atoms with E-state index in [9.17, 15) is 9.59 Å². The molecule has 2 amide bonds. The second-order valence-corrected chi connectivity index (χ2v) is 4.01. The van der Waals surface area contributed by atoms with Crippen molar-refractivity contribution in [1.82, 2.24) is 15.2 Å². The summed E-state index contributed by atoms with van der Waals surface area (Å²) >= 11 is 0. The standard InChI is InChI=1S/C12H13N5O2/c1-7-4-3-5-8(2)9(7)15-10(18)11(19)16-12-13-6-14-17-12/h3-6H,1-2H3,(H,15,18)(H2,13,14,16,17,19). The Morgan fingerprint density at radius 2 is 1.74 bits per heavy atom. The fraction of sp³-hybridized carbons (Fsp3) is 0.167. The minimum absolute atomic E-state index is 0.127. The number of nitrogens with one attached hydrogen (secondary N) is 3. The van der Waals surface area contributed by atoms with Crippen molar-refractivity contribution < 1.29 is 9.59 Å². The van der Waals surface area contributed by atoms with Crippen LogP contribution in [0, 0.1) is 13.8 Å². The largest absolute Gasteiger partial charge is 0.317 e. The maximum Gasteiger partial charge on any atom is 0.316 e. The van der Waals surface area contributed by atoms with Crippen molar-refractivity contribution in [3.05, 3.63) is 35.7 Å². The number of aromatic amines is 1. The Morgan fingerprint density at radius 1 is 1.11 bits per heavy atom. The molecule has 3 N–H and O–H groups in total. The number of hydrogen-bond acceptors (Lipinski definition) is 4. The maximum atomic E-state index is 11.8. The summed E-state index contributed by atoms with van der Waals surface area (Å²) in [6.45, 7) is 3.72. The summed E-state index contributed by atoms with van der Waals surface area (Å²) in [5.74, 6) is -1.44. The molecule has 1 aromatic carbocycles. The number of hydrogen-bond donors (Lipinski definition) is 3. The van der Waals surface area contributed by atoms with Crippen molar-refractivity contribution in [2.24, 2.45) is 0 Å². The molecule has 0 aliphatic rings. The molecule has 1 heterocycles. The van der Waals surface area contributed by atoms with Crippen LogP contribution in [0.15, 0.2) is 24.5 Å². The molecule has 0 unspecified atom stereocenters. The van der Waals surface area contributed by atoms with Crippen LogP contribution in [0.1, 0.15) is 11.1 Å². The average Bonchev–Trinajstić information content (AvgIpc) is 2.86. The fourth-order valence-electron chi connectivity index (χ4n) is 1.61. The smallest absolute Gasteiger partial charge is 0.316 e. The van der Waals surface area contributed by atoms with Crippen molar-refractivity contribution >= 4 is 23.5 Å². The van der Waals surface area contributed by atoms with Gasteiger partial charge < -0.3 is 5.32 Å². The Balaban J connectivity index is 2.07. The molecule has 0 radical (unpaired) electrons. The number of para-hydroxylation sites is 1. The summed E-state index contributed by atoms with van der Waals surface area (Å²) in [5.41, 5.74) is 2.42. The number of H-pyrrole nitrogens is 1. The highest BCUT2D eigenvalue weighted by Gasteiger charge is 2.16. The first-order chi connectivity index (χ1) is 9.08. The van der Waals surface area contributed by atoms with Gasteiger partial charge in [0.05, 0.1) is 0 Å². The number of carbonyl (C=O) groups is 2. The van der Waals surface area contributed by atoms with Crippen LogP contribution in [-0.2, 0) is 9.59 Å². The van der Waals surface area contributed by atoms with Gasteiger partial charge in [-0.2, -0.15) is 10.1 Å². The quantitative estimate of drug-likeness (QED) is 0.700. The van der Waals surface area contributed by atoms with Crippen LogP contribution in [0.25, 0.3) is 0 Å². The monoisotopic (exact) mass is 259 g/mol. The molecule has 0 bridgehead atoms. The van der Waals surface area contributed by atoms with Crippen molar-refractivity contribution in [1.29, 1.82) is 0 Å². The molecule has 7 nitrogen and oxygen atoms in total. The van der Waals surface area contributed by atoms with E-state index < -0.39 is 11.8 Å². The van der Waals surface area contributed by atoms with Gasteiger partial charge in [-0.15, -0.1) is 0 Å². The van der Waals surface area contributed by atoms with Crippen LogP contribution in [-0.4, -0.2) is 27.0 Å². The van der Waals surface area contributed by atoms with Crippen LogP contribution in [0.4, 0.5) is 11.6 Å². The second kappa shape index (κ2) is 5.30. The molecule has 19 heavy (non-hydrogen) atoms. The highest BCUT2D eigenvalue weighted by atomic mass is 16.2. The lowest BCUT2D eigenvalue weighted by atomic mass is 10.1. The predicted molar refractivity (Wildman–Crippen MR) is 69.6 cm³/mol. The Kier molecular flexibility index (Phi) is 3.56. The third-order valence-electron chi connectivity index (χ3n) is 2.57. The van der Waals surface area contributed by atoms with Gasteiger partial charge in [0.2, 0.25) is 5.95 Å². The highest BCUT2D eigenvalue weighted by molar-refractivity contribution is 6.43. The zero-order valence-electron chi connectivity index (χ0n) is 10.5. The molecule has 1 aromatic heterocycles. The van der Waals surface area contributed by atoms with Gasteiger partial charge >= 0.3 is 11.8 Å². The van der Waals surface area contributed by atoms with Crippen molar-refractivity contribution in [3.63, 3.8) is 0 Å². The minimum atomic E-state index is -0.806. The van der Waals surface area contributed by atoms with Gasteiger partial charge in [0, 0.05) is 5.69 Å². The Morgan fingerprint density at radius 3 is 2.32 bits per heavy atom. The number of aryl methyl sites for hydroxylation is 2. The number of benzene rings is 1. The summed E-state index contributed by atoms with van der Waals surface area (Å²) in [5, 5.41) is 10.9. The minimum Gasteiger partial charge on any atom is -0.317 e.